The molecule has 0 saturated carbocycles. The second-order valence-corrected chi connectivity index (χ2v) is 7.74. The highest BCUT2D eigenvalue weighted by Gasteiger charge is 2.20. The van der Waals surface area contributed by atoms with E-state index in [1.807, 2.05) is 0 Å². The number of hydrogen-bond acceptors (Lipinski definition) is 4. The third-order valence-electron chi connectivity index (χ3n) is 3.01. The molecule has 0 aliphatic heterocycles. The van der Waals surface area contributed by atoms with Gasteiger partial charge in [-0.25, -0.2) is 8.42 Å². The van der Waals surface area contributed by atoms with Gasteiger partial charge in [-0.2, -0.15) is 0 Å². The molecule has 6 nitrogen and oxygen atoms in total. The summed E-state index contributed by atoms with van der Waals surface area (Å²) >= 11 is 7.19. The number of hydrogen-bond donors (Lipinski definition) is 3. The fourth-order valence-corrected chi connectivity index (χ4v) is 4.35. The Labute approximate surface area is 134 Å². The van der Waals surface area contributed by atoms with E-state index >= 15 is 0 Å². The first-order valence-corrected chi connectivity index (χ1v) is 8.80. The van der Waals surface area contributed by atoms with Crippen molar-refractivity contribution in [2.45, 2.75) is 4.21 Å². The van der Waals surface area contributed by atoms with Crippen LogP contribution >= 0.6 is 22.9 Å². The predicted molar refractivity (Wildman–Crippen MR) is 87.0 cm³/mol. The van der Waals surface area contributed by atoms with Crippen molar-refractivity contribution in [3.05, 3.63) is 46.4 Å². The number of sulfonamides is 1. The Hall–Kier alpha value is -2.03. The Morgan fingerprint density at radius 2 is 2.09 bits per heavy atom. The van der Waals surface area contributed by atoms with E-state index in [0.29, 0.717) is 10.9 Å². The van der Waals surface area contributed by atoms with E-state index in [1.165, 1.54) is 12.1 Å². The topological polar surface area (TPSA) is 105 Å². The highest BCUT2D eigenvalue weighted by Crippen LogP contribution is 2.33. The summed E-state index contributed by atoms with van der Waals surface area (Å²) in [5, 5.41) is 2.50. The molecule has 0 fully saturated rings. The third-order valence-corrected chi connectivity index (χ3v) is 6.07. The van der Waals surface area contributed by atoms with Gasteiger partial charge in [0.2, 0.25) is 0 Å². The van der Waals surface area contributed by atoms with Crippen molar-refractivity contribution in [2.75, 3.05) is 4.72 Å². The number of primary amides is 1. The first-order chi connectivity index (χ1) is 10.4. The largest absolute Gasteiger partial charge is 0.364 e. The Balaban J connectivity index is 2.14. The number of aromatic nitrogens is 1. The van der Waals surface area contributed by atoms with Crippen molar-refractivity contribution >= 4 is 55.5 Å². The summed E-state index contributed by atoms with van der Waals surface area (Å²) in [5.41, 5.74) is 5.99. The van der Waals surface area contributed by atoms with Crippen LogP contribution in [0.2, 0.25) is 5.02 Å². The Kier molecular flexibility index (Phi) is 3.59. The van der Waals surface area contributed by atoms with Gasteiger partial charge in [0.05, 0.1) is 16.2 Å². The van der Waals surface area contributed by atoms with E-state index in [2.05, 4.69) is 9.71 Å². The molecule has 0 saturated heterocycles. The molecule has 1 aromatic carbocycles. The van der Waals surface area contributed by atoms with Crippen LogP contribution in [-0.4, -0.2) is 19.3 Å². The minimum Gasteiger partial charge on any atom is -0.364 e. The lowest BCUT2D eigenvalue weighted by molar-refractivity contribution is 0.0996. The van der Waals surface area contributed by atoms with Gasteiger partial charge >= 0.3 is 0 Å². The number of H-pyrrole nitrogens is 1. The normalized spacial score (nSPS) is 11.7. The van der Waals surface area contributed by atoms with Crippen LogP contribution in [0.15, 0.2) is 39.9 Å². The number of carbonyl (C=O) groups excluding carboxylic acids is 1. The summed E-state index contributed by atoms with van der Waals surface area (Å²) in [4.78, 5) is 14.0. The number of aromatic amines is 1. The van der Waals surface area contributed by atoms with Gasteiger partial charge in [-0.15, -0.1) is 11.3 Å². The predicted octanol–water partition coefficient (Wildman–Crippen LogP) is 2.78. The second kappa shape index (κ2) is 5.31. The fraction of sp³-hybridized carbons (Fsp3) is 0. The molecule has 0 unspecified atom stereocenters. The molecule has 2 heterocycles. The minimum atomic E-state index is -3.75. The average Bonchev–Trinajstić information content (AvgIpc) is 3.10. The van der Waals surface area contributed by atoms with E-state index in [1.54, 1.807) is 23.6 Å². The lowest BCUT2D eigenvalue weighted by atomic mass is 10.2. The summed E-state index contributed by atoms with van der Waals surface area (Å²) in [6.07, 6.45) is 0. The number of fused-ring (bicyclic) bond motifs is 1. The monoisotopic (exact) mass is 355 g/mol. The number of halogens is 1. The van der Waals surface area contributed by atoms with Gasteiger partial charge in [0.1, 0.15) is 9.90 Å². The summed E-state index contributed by atoms with van der Waals surface area (Å²) < 4.78 is 27.3. The highest BCUT2D eigenvalue weighted by atomic mass is 35.5. The van der Waals surface area contributed by atoms with Crippen LogP contribution in [0.1, 0.15) is 10.5 Å². The molecule has 0 aliphatic carbocycles. The number of amides is 1. The number of thiophene rings is 1. The Bertz CT molecular complexity index is 962. The molecule has 3 aromatic rings. The lowest BCUT2D eigenvalue weighted by Crippen LogP contribution is -2.13. The van der Waals surface area contributed by atoms with E-state index in [4.69, 9.17) is 17.3 Å². The molecule has 0 aliphatic rings. The molecule has 1 amide bonds. The maximum Gasteiger partial charge on any atom is 0.271 e. The van der Waals surface area contributed by atoms with Crippen molar-refractivity contribution in [3.63, 3.8) is 0 Å². The fourth-order valence-electron chi connectivity index (χ4n) is 2.01. The zero-order valence-corrected chi connectivity index (χ0v) is 13.3. The lowest BCUT2D eigenvalue weighted by Gasteiger charge is -2.09. The molecule has 2 aromatic heterocycles. The molecule has 22 heavy (non-hydrogen) atoms. The Morgan fingerprint density at radius 3 is 2.73 bits per heavy atom. The molecule has 0 radical (unpaired) electrons. The van der Waals surface area contributed by atoms with Crippen LogP contribution in [0, 0.1) is 0 Å². The van der Waals surface area contributed by atoms with Crippen LogP contribution in [0.4, 0.5) is 5.69 Å². The van der Waals surface area contributed by atoms with Crippen molar-refractivity contribution in [2.24, 2.45) is 5.73 Å². The zero-order chi connectivity index (χ0) is 15.9. The standard InChI is InChI=1S/C13H10ClN3O3S2/c14-8-4-3-7-6-9(13(15)18)16-11(7)12(8)17-22(19,20)10-2-1-5-21-10/h1-6,16-17H,(H2,15,18). The molecule has 114 valence electrons. The SMILES string of the molecule is NC(=O)c1cc2ccc(Cl)c(NS(=O)(=O)c3cccs3)c2[nH]1. The smallest absolute Gasteiger partial charge is 0.271 e. The van der Waals surface area contributed by atoms with Crippen LogP contribution in [0.25, 0.3) is 10.9 Å². The molecular weight excluding hydrogens is 346 g/mol. The molecule has 0 bridgehead atoms. The van der Waals surface area contributed by atoms with Crippen LogP contribution in [-0.2, 0) is 10.0 Å². The molecule has 9 heteroatoms. The van der Waals surface area contributed by atoms with Gasteiger partial charge in [0, 0.05) is 5.39 Å². The summed E-state index contributed by atoms with van der Waals surface area (Å²) in [6.45, 7) is 0. The zero-order valence-electron chi connectivity index (χ0n) is 11.0. The minimum absolute atomic E-state index is 0.169. The summed E-state index contributed by atoms with van der Waals surface area (Å²) in [6, 6.07) is 7.89. The quantitative estimate of drug-likeness (QED) is 0.670. The maximum absolute atomic E-state index is 12.3. The van der Waals surface area contributed by atoms with Gasteiger partial charge in [-0.1, -0.05) is 23.7 Å². The Morgan fingerprint density at radius 1 is 1.32 bits per heavy atom. The van der Waals surface area contributed by atoms with Gasteiger partial charge in [0.15, 0.2) is 0 Å². The number of nitrogens with one attached hydrogen (secondary N) is 2. The average molecular weight is 356 g/mol. The molecule has 0 spiro atoms. The van der Waals surface area contributed by atoms with Crippen molar-refractivity contribution in [1.29, 1.82) is 0 Å². The second-order valence-electron chi connectivity index (χ2n) is 4.47. The molecule has 3 rings (SSSR count). The van der Waals surface area contributed by atoms with Crippen molar-refractivity contribution < 1.29 is 13.2 Å². The van der Waals surface area contributed by atoms with Crippen molar-refractivity contribution in [1.82, 2.24) is 4.98 Å². The van der Waals surface area contributed by atoms with Gasteiger partial charge in [-0.05, 0) is 23.6 Å². The maximum atomic E-state index is 12.3. The highest BCUT2D eigenvalue weighted by molar-refractivity contribution is 7.94. The van der Waals surface area contributed by atoms with Crippen LogP contribution in [0.3, 0.4) is 0 Å². The molecule has 0 atom stereocenters. The van der Waals surface area contributed by atoms with E-state index in [-0.39, 0.29) is 20.6 Å². The third kappa shape index (κ3) is 2.56. The van der Waals surface area contributed by atoms with E-state index in [0.717, 1.165) is 11.3 Å². The number of rotatable bonds is 4. The van der Waals surface area contributed by atoms with Gasteiger partial charge < -0.3 is 10.7 Å². The molecule has 4 N–H and O–H groups in total. The van der Waals surface area contributed by atoms with Crippen molar-refractivity contribution in [3.8, 4) is 0 Å². The number of carbonyl (C=O) groups is 1. The van der Waals surface area contributed by atoms with Crippen LogP contribution in [0.5, 0.6) is 0 Å². The molecular formula is C13H10ClN3O3S2. The van der Waals surface area contributed by atoms with Gasteiger partial charge in [0.25, 0.3) is 15.9 Å². The van der Waals surface area contributed by atoms with Crippen LogP contribution < -0.4 is 10.5 Å². The van der Waals surface area contributed by atoms with E-state index < -0.39 is 15.9 Å². The van der Waals surface area contributed by atoms with Gasteiger partial charge in [-0.3, -0.25) is 9.52 Å². The summed E-state index contributed by atoms with van der Waals surface area (Å²) in [5.74, 6) is -0.639. The first-order valence-electron chi connectivity index (χ1n) is 6.06. The summed E-state index contributed by atoms with van der Waals surface area (Å²) in [7, 11) is -3.75. The number of anilines is 1. The first kappa shape index (κ1) is 14.9. The van der Waals surface area contributed by atoms with E-state index in [9.17, 15) is 13.2 Å². The number of nitrogens with two attached hydrogens (primary N) is 1. The number of benzene rings is 1.